The zero-order chi connectivity index (χ0) is 23.7. The highest BCUT2D eigenvalue weighted by Gasteiger charge is 2.55. The molecule has 0 saturated carbocycles. The Labute approximate surface area is 195 Å². The molecule has 1 aliphatic heterocycles. The second kappa shape index (κ2) is 8.51. The molecule has 1 aliphatic carbocycles. The lowest BCUT2D eigenvalue weighted by Crippen LogP contribution is -2.43. The van der Waals surface area contributed by atoms with Gasteiger partial charge in [-0.25, -0.2) is 4.79 Å². The highest BCUT2D eigenvalue weighted by molar-refractivity contribution is 6.11. The van der Waals surface area contributed by atoms with Crippen molar-refractivity contribution >= 4 is 29.4 Å². The third kappa shape index (κ3) is 3.71. The maximum absolute atomic E-state index is 13.3. The number of carbonyl (C=O) groups excluding carboxylic acids is 4. The smallest absolute Gasteiger partial charge is 0.325 e. The van der Waals surface area contributed by atoms with Crippen LogP contribution in [0.3, 0.4) is 0 Å². The van der Waals surface area contributed by atoms with E-state index in [-0.39, 0.29) is 17.8 Å². The molecule has 0 radical (unpaired) electrons. The molecule has 2 heterocycles. The Morgan fingerprint density at radius 1 is 1.03 bits per heavy atom. The lowest BCUT2D eigenvalue weighted by Gasteiger charge is -2.22. The highest BCUT2D eigenvalue weighted by Crippen LogP contribution is 2.41. The van der Waals surface area contributed by atoms with Crippen molar-refractivity contribution in [2.75, 3.05) is 11.9 Å². The first-order chi connectivity index (χ1) is 16.5. The van der Waals surface area contributed by atoms with Crippen molar-refractivity contribution in [3.8, 4) is 0 Å². The monoisotopic (exact) mass is 458 g/mol. The minimum Gasteiger partial charge on any atom is -0.467 e. The van der Waals surface area contributed by atoms with Crippen LogP contribution in [0.15, 0.2) is 71.3 Å². The number of nitrogens with one attached hydrogen (secondary N) is 3. The molecule has 0 bridgehead atoms. The number of carbonyl (C=O) groups is 4. The number of furan rings is 1. The van der Waals surface area contributed by atoms with E-state index < -0.39 is 35.8 Å². The van der Waals surface area contributed by atoms with Crippen molar-refractivity contribution < 1.29 is 23.6 Å². The molecule has 2 aliphatic rings. The minimum absolute atomic E-state index is 0.195. The SMILES string of the molecule is O=C(CN1C(=O)NC2(CCc3ccccc32)C1=O)Nc1ccccc1C(=O)NCc1ccco1. The predicted molar refractivity (Wildman–Crippen MR) is 122 cm³/mol. The summed E-state index contributed by atoms with van der Waals surface area (Å²) in [5, 5.41) is 8.18. The summed E-state index contributed by atoms with van der Waals surface area (Å²) in [6.07, 6.45) is 2.64. The maximum atomic E-state index is 13.3. The van der Waals surface area contributed by atoms with Crippen LogP contribution in [0, 0.1) is 0 Å². The van der Waals surface area contributed by atoms with Crippen molar-refractivity contribution in [2.24, 2.45) is 0 Å². The molecule has 9 heteroatoms. The second-order valence-electron chi connectivity index (χ2n) is 8.24. The summed E-state index contributed by atoms with van der Waals surface area (Å²) in [5.74, 6) is -0.833. The van der Waals surface area contributed by atoms with E-state index in [1.165, 1.54) is 6.26 Å². The summed E-state index contributed by atoms with van der Waals surface area (Å²) in [4.78, 5) is 52.3. The first-order valence-corrected chi connectivity index (χ1v) is 10.9. The third-order valence-corrected chi connectivity index (χ3v) is 6.17. The zero-order valence-corrected chi connectivity index (χ0v) is 18.2. The molecule has 1 aromatic heterocycles. The van der Waals surface area contributed by atoms with Crippen molar-refractivity contribution in [3.63, 3.8) is 0 Å². The lowest BCUT2D eigenvalue weighted by molar-refractivity contribution is -0.134. The Kier molecular flexibility index (Phi) is 5.37. The van der Waals surface area contributed by atoms with Crippen LogP contribution in [0.4, 0.5) is 10.5 Å². The summed E-state index contributed by atoms with van der Waals surface area (Å²) in [6.45, 7) is -0.267. The van der Waals surface area contributed by atoms with Crippen LogP contribution in [0.2, 0.25) is 0 Å². The summed E-state index contributed by atoms with van der Waals surface area (Å²) in [6, 6.07) is 16.9. The van der Waals surface area contributed by atoms with Gasteiger partial charge < -0.3 is 20.4 Å². The molecule has 5 rings (SSSR count). The maximum Gasteiger partial charge on any atom is 0.325 e. The Hall–Kier alpha value is -4.40. The van der Waals surface area contributed by atoms with Gasteiger partial charge in [-0.15, -0.1) is 0 Å². The Bertz CT molecular complexity index is 1290. The summed E-state index contributed by atoms with van der Waals surface area (Å²) in [5.41, 5.74) is 1.18. The minimum atomic E-state index is -1.13. The van der Waals surface area contributed by atoms with Crippen LogP contribution in [0.25, 0.3) is 0 Å². The van der Waals surface area contributed by atoms with Gasteiger partial charge in [-0.2, -0.15) is 0 Å². The van der Waals surface area contributed by atoms with Gasteiger partial charge in [0.2, 0.25) is 5.91 Å². The van der Waals surface area contributed by atoms with Gasteiger partial charge in [0.1, 0.15) is 17.8 Å². The molecule has 1 atom stereocenters. The van der Waals surface area contributed by atoms with Crippen molar-refractivity contribution in [3.05, 3.63) is 89.4 Å². The quantitative estimate of drug-likeness (QED) is 0.490. The Balaban J connectivity index is 1.28. The van der Waals surface area contributed by atoms with Crippen molar-refractivity contribution in [2.45, 2.75) is 24.9 Å². The molecule has 172 valence electrons. The molecule has 9 nitrogen and oxygen atoms in total. The zero-order valence-electron chi connectivity index (χ0n) is 18.2. The topological polar surface area (TPSA) is 121 Å². The number of anilines is 1. The van der Waals surface area contributed by atoms with Crippen LogP contribution in [-0.4, -0.2) is 35.2 Å². The molecule has 3 N–H and O–H groups in total. The van der Waals surface area contributed by atoms with E-state index >= 15 is 0 Å². The lowest BCUT2D eigenvalue weighted by atomic mass is 9.92. The number of rotatable bonds is 6. The number of imide groups is 1. The fourth-order valence-electron chi connectivity index (χ4n) is 4.53. The molecule has 5 amide bonds. The van der Waals surface area contributed by atoms with E-state index in [2.05, 4.69) is 16.0 Å². The molecule has 34 heavy (non-hydrogen) atoms. The molecular formula is C25H22N4O5. The van der Waals surface area contributed by atoms with Crippen LogP contribution >= 0.6 is 0 Å². The number of hydrogen-bond acceptors (Lipinski definition) is 5. The largest absolute Gasteiger partial charge is 0.467 e. The molecule has 1 unspecified atom stereocenters. The number of para-hydroxylation sites is 1. The van der Waals surface area contributed by atoms with Crippen LogP contribution in [0.5, 0.6) is 0 Å². The predicted octanol–water partition coefficient (Wildman–Crippen LogP) is 2.54. The van der Waals surface area contributed by atoms with E-state index in [4.69, 9.17) is 4.42 Å². The normalized spacial score (nSPS) is 18.6. The van der Waals surface area contributed by atoms with E-state index in [1.807, 2.05) is 24.3 Å². The number of aryl methyl sites for hydroxylation is 1. The van der Waals surface area contributed by atoms with Gasteiger partial charge in [0, 0.05) is 0 Å². The van der Waals surface area contributed by atoms with E-state index in [0.29, 0.717) is 18.6 Å². The number of urea groups is 1. The van der Waals surface area contributed by atoms with Crippen molar-refractivity contribution in [1.29, 1.82) is 0 Å². The number of fused-ring (bicyclic) bond motifs is 2. The highest BCUT2D eigenvalue weighted by atomic mass is 16.3. The third-order valence-electron chi connectivity index (χ3n) is 6.17. The van der Waals surface area contributed by atoms with Crippen molar-refractivity contribution in [1.82, 2.24) is 15.5 Å². The first-order valence-electron chi connectivity index (χ1n) is 10.9. The molecule has 2 aromatic carbocycles. The standard InChI is InChI=1S/C25H22N4O5/c30-21(27-20-10-4-2-8-18(20)22(31)26-14-17-7-5-13-34-17)15-29-23(32)25(28-24(29)33)12-11-16-6-1-3-9-19(16)25/h1-10,13H,11-12,14-15H2,(H,26,31)(H,27,30)(H,28,33). The Morgan fingerprint density at radius 3 is 2.65 bits per heavy atom. The van der Waals surface area contributed by atoms with Gasteiger partial charge in [-0.05, 0) is 48.2 Å². The van der Waals surface area contributed by atoms with E-state index in [9.17, 15) is 19.2 Å². The fraction of sp³-hybridized carbons (Fsp3) is 0.200. The number of benzene rings is 2. The molecule has 3 aromatic rings. The van der Waals surface area contributed by atoms with Crippen LogP contribution < -0.4 is 16.0 Å². The number of nitrogens with zero attached hydrogens (tertiary/aromatic N) is 1. The molecule has 1 saturated heterocycles. The van der Waals surface area contributed by atoms with Crippen LogP contribution in [0.1, 0.15) is 33.7 Å². The van der Waals surface area contributed by atoms with E-state index in [0.717, 1.165) is 16.0 Å². The van der Waals surface area contributed by atoms with Gasteiger partial charge in [0.15, 0.2) is 0 Å². The first kappa shape index (κ1) is 21.4. The summed E-state index contributed by atoms with van der Waals surface area (Å²) in [7, 11) is 0. The van der Waals surface area contributed by atoms with Gasteiger partial charge >= 0.3 is 6.03 Å². The van der Waals surface area contributed by atoms with Gasteiger partial charge in [-0.3, -0.25) is 19.3 Å². The summed E-state index contributed by atoms with van der Waals surface area (Å²) < 4.78 is 5.21. The number of amides is 5. The molecular weight excluding hydrogens is 436 g/mol. The van der Waals surface area contributed by atoms with E-state index in [1.54, 1.807) is 36.4 Å². The number of hydrogen-bond donors (Lipinski definition) is 3. The average Bonchev–Trinajstić information content (AvgIpc) is 3.55. The molecule has 1 fully saturated rings. The van der Waals surface area contributed by atoms with Gasteiger partial charge in [-0.1, -0.05) is 36.4 Å². The van der Waals surface area contributed by atoms with Crippen LogP contribution in [-0.2, 0) is 28.1 Å². The summed E-state index contributed by atoms with van der Waals surface area (Å²) >= 11 is 0. The Morgan fingerprint density at radius 2 is 1.82 bits per heavy atom. The second-order valence-corrected chi connectivity index (χ2v) is 8.24. The fourth-order valence-corrected chi connectivity index (χ4v) is 4.53. The molecule has 1 spiro atoms. The van der Waals surface area contributed by atoms with Gasteiger partial charge in [0.05, 0.1) is 24.1 Å². The van der Waals surface area contributed by atoms with Gasteiger partial charge in [0.25, 0.3) is 11.8 Å². The average molecular weight is 458 g/mol.